The Bertz CT molecular complexity index is 178. The molecule has 84 valence electrons. The van der Waals surface area contributed by atoms with E-state index in [1.54, 1.807) is 0 Å². The average Bonchev–Trinajstić information content (AvgIpc) is 2.19. The minimum atomic E-state index is -0.632. The van der Waals surface area contributed by atoms with Gasteiger partial charge in [-0.3, -0.25) is 0 Å². The first-order valence-electron chi connectivity index (χ1n) is 5.44. The van der Waals surface area contributed by atoms with Gasteiger partial charge in [0.05, 0.1) is 11.6 Å². The molecule has 1 aliphatic rings. The summed E-state index contributed by atoms with van der Waals surface area (Å²) in [5.41, 5.74) is 11.4. The van der Waals surface area contributed by atoms with Gasteiger partial charge in [-0.1, -0.05) is 12.8 Å². The molecule has 0 heterocycles. The van der Waals surface area contributed by atoms with Gasteiger partial charge in [-0.25, -0.2) is 0 Å². The molecule has 0 aromatic rings. The Morgan fingerprint density at radius 2 is 2.14 bits per heavy atom. The molecule has 14 heavy (non-hydrogen) atoms. The van der Waals surface area contributed by atoms with Gasteiger partial charge in [0.15, 0.2) is 0 Å². The fourth-order valence-corrected chi connectivity index (χ4v) is 2.22. The quantitative estimate of drug-likeness (QED) is 0.504. The molecule has 0 bridgehead atoms. The van der Waals surface area contributed by atoms with Crippen LogP contribution >= 0.6 is 0 Å². The van der Waals surface area contributed by atoms with Crippen LogP contribution < -0.4 is 11.5 Å². The Hall–Kier alpha value is -0.160. The lowest BCUT2D eigenvalue weighted by Gasteiger charge is -2.42. The van der Waals surface area contributed by atoms with Crippen molar-refractivity contribution in [2.75, 3.05) is 6.61 Å². The molecule has 0 aromatic heterocycles. The second-order valence-corrected chi connectivity index (χ2v) is 4.35. The van der Waals surface area contributed by atoms with Gasteiger partial charge in [0.1, 0.15) is 0 Å². The number of aliphatic hydroxyl groups is 2. The van der Waals surface area contributed by atoms with Crippen molar-refractivity contribution in [3.63, 3.8) is 0 Å². The van der Waals surface area contributed by atoms with Gasteiger partial charge in [0.25, 0.3) is 0 Å². The van der Waals surface area contributed by atoms with Crippen molar-refractivity contribution in [1.82, 2.24) is 0 Å². The second kappa shape index (κ2) is 5.07. The normalized spacial score (nSPS) is 35.6. The maximum absolute atomic E-state index is 9.92. The van der Waals surface area contributed by atoms with E-state index in [1.807, 2.05) is 0 Å². The van der Waals surface area contributed by atoms with Crippen molar-refractivity contribution in [2.45, 2.75) is 56.2 Å². The second-order valence-electron chi connectivity index (χ2n) is 4.35. The van der Waals surface area contributed by atoms with Gasteiger partial charge < -0.3 is 21.7 Å². The van der Waals surface area contributed by atoms with Gasteiger partial charge in [-0.2, -0.15) is 0 Å². The summed E-state index contributed by atoms with van der Waals surface area (Å²) in [7, 11) is 0. The van der Waals surface area contributed by atoms with Crippen molar-refractivity contribution in [2.24, 2.45) is 11.5 Å². The first kappa shape index (κ1) is 11.9. The highest BCUT2D eigenvalue weighted by atomic mass is 16.3. The predicted molar refractivity (Wildman–Crippen MR) is 55.7 cm³/mol. The van der Waals surface area contributed by atoms with Crippen LogP contribution in [0, 0.1) is 0 Å². The van der Waals surface area contributed by atoms with Gasteiger partial charge in [0, 0.05) is 12.6 Å². The van der Waals surface area contributed by atoms with E-state index in [-0.39, 0.29) is 12.6 Å². The highest BCUT2D eigenvalue weighted by Crippen LogP contribution is 2.29. The Kier molecular flexibility index (Phi) is 4.31. The summed E-state index contributed by atoms with van der Waals surface area (Å²) in [5, 5.41) is 18.6. The summed E-state index contributed by atoms with van der Waals surface area (Å²) >= 11 is 0. The summed E-state index contributed by atoms with van der Waals surface area (Å²) in [6, 6.07) is -0.107. The summed E-state index contributed by atoms with van der Waals surface area (Å²) in [6.45, 7) is 0.0996. The van der Waals surface area contributed by atoms with Crippen LogP contribution in [0.2, 0.25) is 0 Å². The molecule has 4 nitrogen and oxygen atoms in total. The van der Waals surface area contributed by atoms with E-state index in [1.165, 1.54) is 0 Å². The standard InChI is InChI=1S/C10H22N2O2/c11-8-4-1-2-6-10(8,12)9(14)5-3-7-13/h8-9,13-14H,1-7,11-12H2. The lowest BCUT2D eigenvalue weighted by molar-refractivity contribution is 0.0354. The smallest absolute Gasteiger partial charge is 0.0735 e. The fraction of sp³-hybridized carbons (Fsp3) is 1.00. The van der Waals surface area contributed by atoms with Crippen molar-refractivity contribution < 1.29 is 10.2 Å². The predicted octanol–water partition coefficient (Wildman–Crippen LogP) is -0.281. The number of rotatable bonds is 4. The molecule has 0 aromatic carbocycles. The Morgan fingerprint density at radius 1 is 1.43 bits per heavy atom. The van der Waals surface area contributed by atoms with Gasteiger partial charge in [-0.15, -0.1) is 0 Å². The van der Waals surface area contributed by atoms with E-state index < -0.39 is 11.6 Å². The van der Waals surface area contributed by atoms with Gasteiger partial charge in [-0.05, 0) is 25.7 Å². The highest BCUT2D eigenvalue weighted by Gasteiger charge is 2.40. The third kappa shape index (κ3) is 2.45. The van der Waals surface area contributed by atoms with Crippen LogP contribution in [-0.2, 0) is 0 Å². The van der Waals surface area contributed by atoms with Crippen molar-refractivity contribution >= 4 is 0 Å². The molecule has 0 saturated heterocycles. The fourth-order valence-electron chi connectivity index (χ4n) is 2.22. The molecule has 0 aliphatic heterocycles. The van der Waals surface area contributed by atoms with E-state index in [9.17, 15) is 5.11 Å². The van der Waals surface area contributed by atoms with E-state index in [0.717, 1.165) is 25.7 Å². The SMILES string of the molecule is NC1CCCCC1(N)C(O)CCCO. The van der Waals surface area contributed by atoms with E-state index in [0.29, 0.717) is 12.8 Å². The molecule has 4 heteroatoms. The number of hydrogen-bond donors (Lipinski definition) is 4. The van der Waals surface area contributed by atoms with Crippen molar-refractivity contribution in [1.29, 1.82) is 0 Å². The third-order valence-corrected chi connectivity index (χ3v) is 3.32. The maximum atomic E-state index is 9.92. The van der Waals surface area contributed by atoms with Crippen molar-refractivity contribution in [3.05, 3.63) is 0 Å². The molecule has 3 unspecified atom stereocenters. The molecular weight excluding hydrogens is 180 g/mol. The zero-order valence-corrected chi connectivity index (χ0v) is 8.65. The first-order valence-corrected chi connectivity index (χ1v) is 5.44. The molecule has 1 fully saturated rings. The van der Waals surface area contributed by atoms with Crippen LogP contribution in [0.3, 0.4) is 0 Å². The topological polar surface area (TPSA) is 92.5 Å². The maximum Gasteiger partial charge on any atom is 0.0735 e. The van der Waals surface area contributed by atoms with Crippen LogP contribution in [0.15, 0.2) is 0 Å². The van der Waals surface area contributed by atoms with Gasteiger partial charge >= 0.3 is 0 Å². The molecule has 0 spiro atoms. The molecule has 3 atom stereocenters. The minimum Gasteiger partial charge on any atom is -0.396 e. The van der Waals surface area contributed by atoms with Crippen LogP contribution in [-0.4, -0.2) is 34.5 Å². The lowest BCUT2D eigenvalue weighted by atomic mass is 9.74. The molecule has 0 radical (unpaired) electrons. The number of aliphatic hydroxyl groups excluding tert-OH is 2. The van der Waals surface area contributed by atoms with Gasteiger partial charge in [0.2, 0.25) is 0 Å². The Balaban J connectivity index is 2.52. The summed E-state index contributed by atoms with van der Waals surface area (Å²) < 4.78 is 0. The zero-order valence-electron chi connectivity index (χ0n) is 8.65. The molecule has 6 N–H and O–H groups in total. The van der Waals surface area contributed by atoms with Crippen molar-refractivity contribution in [3.8, 4) is 0 Å². The van der Waals surface area contributed by atoms with E-state index >= 15 is 0 Å². The minimum absolute atomic E-state index is 0.0996. The summed E-state index contributed by atoms with van der Waals surface area (Å²) in [4.78, 5) is 0. The first-order chi connectivity index (χ1) is 6.61. The molecule has 0 amide bonds. The lowest BCUT2D eigenvalue weighted by Crippen LogP contribution is -2.64. The number of nitrogens with two attached hydrogens (primary N) is 2. The third-order valence-electron chi connectivity index (χ3n) is 3.32. The average molecular weight is 202 g/mol. The van der Waals surface area contributed by atoms with Crippen LogP contribution in [0.4, 0.5) is 0 Å². The molecular formula is C10H22N2O2. The molecule has 1 aliphatic carbocycles. The summed E-state index contributed by atoms with van der Waals surface area (Å²) in [6.07, 6.45) is 4.39. The van der Waals surface area contributed by atoms with Crippen LogP contribution in [0.25, 0.3) is 0 Å². The number of hydrogen-bond acceptors (Lipinski definition) is 4. The Labute approximate surface area is 85.3 Å². The molecule has 1 saturated carbocycles. The van der Waals surface area contributed by atoms with E-state index in [2.05, 4.69) is 0 Å². The van der Waals surface area contributed by atoms with Crippen LogP contribution in [0.5, 0.6) is 0 Å². The zero-order chi connectivity index (χ0) is 10.6. The highest BCUT2D eigenvalue weighted by molar-refractivity contribution is 5.02. The summed E-state index contributed by atoms with van der Waals surface area (Å²) in [5.74, 6) is 0. The van der Waals surface area contributed by atoms with Crippen LogP contribution in [0.1, 0.15) is 38.5 Å². The molecule has 1 rings (SSSR count). The Morgan fingerprint density at radius 3 is 2.71 bits per heavy atom. The van der Waals surface area contributed by atoms with E-state index in [4.69, 9.17) is 16.6 Å². The monoisotopic (exact) mass is 202 g/mol. The largest absolute Gasteiger partial charge is 0.396 e.